The van der Waals surface area contributed by atoms with Crippen LogP contribution in [0.25, 0.3) is 10.9 Å². The van der Waals surface area contributed by atoms with Gasteiger partial charge in [0.2, 0.25) is 5.91 Å². The van der Waals surface area contributed by atoms with Crippen molar-refractivity contribution in [2.45, 2.75) is 13.0 Å². The van der Waals surface area contributed by atoms with E-state index < -0.39 is 5.97 Å². The highest BCUT2D eigenvalue weighted by molar-refractivity contribution is 5.94. The Morgan fingerprint density at radius 3 is 2.75 bits per heavy atom. The summed E-state index contributed by atoms with van der Waals surface area (Å²) >= 11 is 0. The summed E-state index contributed by atoms with van der Waals surface area (Å²) in [6.45, 7) is 0.593. The summed E-state index contributed by atoms with van der Waals surface area (Å²) in [7, 11) is 1.33. The molecule has 1 N–H and O–H groups in total. The van der Waals surface area contributed by atoms with Crippen molar-refractivity contribution < 1.29 is 14.3 Å². The van der Waals surface area contributed by atoms with Gasteiger partial charge >= 0.3 is 5.97 Å². The molecule has 1 heterocycles. The summed E-state index contributed by atoms with van der Waals surface area (Å²) in [4.78, 5) is 23.7. The number of methoxy groups -OCH3 is 1. The number of aromatic nitrogens is 1. The van der Waals surface area contributed by atoms with Gasteiger partial charge in [0.15, 0.2) is 0 Å². The Kier molecular flexibility index (Phi) is 4.61. The molecule has 0 atom stereocenters. The maximum Gasteiger partial charge on any atom is 0.337 e. The van der Waals surface area contributed by atoms with Gasteiger partial charge in [-0.15, -0.1) is 0 Å². The lowest BCUT2D eigenvalue weighted by Gasteiger charge is -2.08. The molecule has 2 aromatic carbocycles. The molecule has 0 bridgehead atoms. The van der Waals surface area contributed by atoms with Gasteiger partial charge in [-0.3, -0.25) is 4.79 Å². The molecular weight excluding hydrogens is 304 g/mol. The Labute approximate surface area is 139 Å². The Hall–Kier alpha value is -3.08. The van der Waals surface area contributed by atoms with Gasteiger partial charge in [-0.2, -0.15) is 0 Å². The summed E-state index contributed by atoms with van der Waals surface area (Å²) in [5.41, 5.74) is 2.10. The number of ether oxygens (including phenoxy) is 1. The predicted molar refractivity (Wildman–Crippen MR) is 93.0 cm³/mol. The molecular formula is C19H18N2O3. The van der Waals surface area contributed by atoms with Crippen molar-refractivity contribution in [2.75, 3.05) is 12.4 Å². The highest BCUT2D eigenvalue weighted by Crippen LogP contribution is 2.16. The Morgan fingerprint density at radius 1 is 1.08 bits per heavy atom. The van der Waals surface area contributed by atoms with Crippen molar-refractivity contribution in [3.63, 3.8) is 0 Å². The number of aryl methyl sites for hydroxylation is 1. The van der Waals surface area contributed by atoms with Gasteiger partial charge in [-0.1, -0.05) is 24.3 Å². The first-order valence-electron chi connectivity index (χ1n) is 7.69. The average Bonchev–Trinajstić information content (AvgIpc) is 3.03. The second-order valence-electron chi connectivity index (χ2n) is 5.44. The van der Waals surface area contributed by atoms with Gasteiger partial charge in [-0.25, -0.2) is 4.79 Å². The Balaban J connectivity index is 1.63. The first-order chi connectivity index (χ1) is 11.7. The van der Waals surface area contributed by atoms with Crippen molar-refractivity contribution in [3.8, 4) is 0 Å². The molecule has 0 aliphatic heterocycles. The van der Waals surface area contributed by atoms with Crippen LogP contribution in [0.5, 0.6) is 0 Å². The number of para-hydroxylation sites is 1. The number of nitrogens with one attached hydrogen (secondary N) is 1. The molecule has 5 heteroatoms. The molecule has 0 aliphatic rings. The third-order valence-corrected chi connectivity index (χ3v) is 3.83. The number of hydrogen-bond acceptors (Lipinski definition) is 3. The molecule has 1 aromatic heterocycles. The highest BCUT2D eigenvalue weighted by atomic mass is 16.5. The number of rotatable bonds is 5. The highest BCUT2D eigenvalue weighted by Gasteiger charge is 2.08. The van der Waals surface area contributed by atoms with E-state index in [-0.39, 0.29) is 5.91 Å². The Bertz CT molecular complexity index is 883. The molecule has 1 amide bonds. The van der Waals surface area contributed by atoms with Crippen LogP contribution in [0.4, 0.5) is 5.69 Å². The van der Waals surface area contributed by atoms with Crippen LogP contribution in [-0.2, 0) is 16.1 Å². The molecule has 0 saturated heterocycles. The number of amides is 1. The number of carbonyl (C=O) groups is 2. The smallest absolute Gasteiger partial charge is 0.337 e. The van der Waals surface area contributed by atoms with Crippen molar-refractivity contribution in [3.05, 3.63) is 66.4 Å². The molecule has 0 radical (unpaired) electrons. The summed E-state index contributed by atoms with van der Waals surface area (Å²) in [5, 5.41) is 3.97. The van der Waals surface area contributed by atoms with Crippen molar-refractivity contribution in [1.82, 2.24) is 4.57 Å². The maximum atomic E-state index is 12.2. The van der Waals surface area contributed by atoms with Crippen molar-refractivity contribution in [2.24, 2.45) is 0 Å². The van der Waals surface area contributed by atoms with Crippen LogP contribution in [0, 0.1) is 0 Å². The third-order valence-electron chi connectivity index (χ3n) is 3.83. The van der Waals surface area contributed by atoms with Crippen LogP contribution in [0.1, 0.15) is 16.8 Å². The van der Waals surface area contributed by atoms with Gasteiger partial charge in [0, 0.05) is 30.4 Å². The maximum absolute atomic E-state index is 12.2. The summed E-state index contributed by atoms with van der Waals surface area (Å²) in [6, 6.07) is 16.8. The fourth-order valence-electron chi connectivity index (χ4n) is 2.62. The van der Waals surface area contributed by atoms with E-state index in [1.165, 1.54) is 7.11 Å². The SMILES string of the molecule is COC(=O)c1cccc(NC(=O)CCn2ccc3ccccc32)c1. The molecule has 122 valence electrons. The molecule has 0 spiro atoms. The van der Waals surface area contributed by atoms with Crippen molar-refractivity contribution >= 4 is 28.5 Å². The number of hydrogen-bond donors (Lipinski definition) is 1. The zero-order chi connectivity index (χ0) is 16.9. The minimum absolute atomic E-state index is 0.102. The number of fused-ring (bicyclic) bond motifs is 1. The summed E-state index contributed by atoms with van der Waals surface area (Å²) < 4.78 is 6.73. The number of nitrogens with zero attached hydrogens (tertiary/aromatic N) is 1. The van der Waals surface area contributed by atoms with Crippen LogP contribution in [-0.4, -0.2) is 23.6 Å². The predicted octanol–water partition coefficient (Wildman–Crippen LogP) is 3.46. The normalized spacial score (nSPS) is 10.5. The van der Waals surface area contributed by atoms with Crippen LogP contribution in [0.3, 0.4) is 0 Å². The van der Waals surface area contributed by atoms with Crippen molar-refractivity contribution in [1.29, 1.82) is 0 Å². The fraction of sp³-hybridized carbons (Fsp3) is 0.158. The average molecular weight is 322 g/mol. The first kappa shape index (κ1) is 15.8. The van der Waals surface area contributed by atoms with Gasteiger partial charge in [0.05, 0.1) is 12.7 Å². The molecule has 3 aromatic rings. The van der Waals surface area contributed by atoms with E-state index in [1.54, 1.807) is 24.3 Å². The summed E-state index contributed by atoms with van der Waals surface area (Å²) in [6.07, 6.45) is 2.33. The lowest BCUT2D eigenvalue weighted by Crippen LogP contribution is -2.14. The first-order valence-corrected chi connectivity index (χ1v) is 7.69. The lowest BCUT2D eigenvalue weighted by molar-refractivity contribution is -0.116. The van der Waals surface area contributed by atoms with Crippen LogP contribution in [0.15, 0.2) is 60.8 Å². The van der Waals surface area contributed by atoms with Gasteiger partial charge in [0.25, 0.3) is 0 Å². The second-order valence-corrected chi connectivity index (χ2v) is 5.44. The largest absolute Gasteiger partial charge is 0.465 e. The minimum Gasteiger partial charge on any atom is -0.465 e. The van der Waals surface area contributed by atoms with E-state index in [2.05, 4.69) is 14.6 Å². The van der Waals surface area contributed by atoms with E-state index >= 15 is 0 Å². The Morgan fingerprint density at radius 2 is 1.92 bits per heavy atom. The number of carbonyl (C=O) groups excluding carboxylic acids is 2. The lowest BCUT2D eigenvalue weighted by atomic mass is 10.2. The minimum atomic E-state index is -0.426. The van der Waals surface area contributed by atoms with Gasteiger partial charge in [0.1, 0.15) is 0 Å². The van der Waals surface area contributed by atoms with Crippen LogP contribution < -0.4 is 5.32 Å². The molecule has 0 fully saturated rings. The van der Waals surface area contributed by atoms with E-state index in [9.17, 15) is 9.59 Å². The molecule has 5 nitrogen and oxygen atoms in total. The number of anilines is 1. The second kappa shape index (κ2) is 7.00. The molecule has 0 saturated carbocycles. The number of esters is 1. The van der Waals surface area contributed by atoms with E-state index in [0.717, 1.165) is 10.9 Å². The number of benzene rings is 2. The molecule has 3 rings (SSSR count). The third kappa shape index (κ3) is 3.46. The van der Waals surface area contributed by atoms with E-state index in [0.29, 0.717) is 24.2 Å². The molecule has 24 heavy (non-hydrogen) atoms. The van der Waals surface area contributed by atoms with Crippen LogP contribution in [0.2, 0.25) is 0 Å². The zero-order valence-electron chi connectivity index (χ0n) is 13.4. The van der Waals surface area contributed by atoms with E-state index in [4.69, 9.17) is 0 Å². The topological polar surface area (TPSA) is 60.3 Å². The van der Waals surface area contributed by atoms with Gasteiger partial charge < -0.3 is 14.6 Å². The summed E-state index contributed by atoms with van der Waals surface area (Å²) in [5.74, 6) is -0.528. The monoisotopic (exact) mass is 322 g/mol. The van der Waals surface area contributed by atoms with Gasteiger partial charge in [-0.05, 0) is 35.7 Å². The zero-order valence-corrected chi connectivity index (χ0v) is 13.4. The fourth-order valence-corrected chi connectivity index (χ4v) is 2.62. The standard InChI is InChI=1S/C19H18N2O3/c1-24-19(23)15-6-4-7-16(13-15)20-18(22)10-12-21-11-9-14-5-2-3-8-17(14)21/h2-9,11,13H,10,12H2,1H3,(H,20,22). The molecule has 0 aliphatic carbocycles. The quantitative estimate of drug-likeness (QED) is 0.732. The van der Waals surface area contributed by atoms with Crippen LogP contribution >= 0.6 is 0 Å². The van der Waals surface area contributed by atoms with E-state index in [1.807, 2.05) is 36.5 Å². The molecule has 0 unspecified atom stereocenters.